The molecule has 1 aromatic carbocycles. The quantitative estimate of drug-likeness (QED) is 0.510. The summed E-state index contributed by atoms with van der Waals surface area (Å²) in [5.74, 6) is 0.487. The van der Waals surface area contributed by atoms with E-state index in [0.29, 0.717) is 22.3 Å². The first-order chi connectivity index (χ1) is 10.8. The number of pyridine rings is 1. The van der Waals surface area contributed by atoms with E-state index in [1.54, 1.807) is 5.51 Å². The van der Waals surface area contributed by atoms with Gasteiger partial charge in [-0.05, 0) is 12.1 Å². The maximum atomic E-state index is 6.20. The third-order valence-electron chi connectivity index (χ3n) is 3.20. The van der Waals surface area contributed by atoms with Gasteiger partial charge in [-0.2, -0.15) is 0 Å². The molecule has 0 spiro atoms. The van der Waals surface area contributed by atoms with Crippen molar-refractivity contribution in [1.82, 2.24) is 19.9 Å². The van der Waals surface area contributed by atoms with E-state index in [9.17, 15) is 0 Å². The molecule has 0 atom stereocenters. The summed E-state index contributed by atoms with van der Waals surface area (Å²) in [6.07, 6.45) is 0. The number of nitrogens with zero attached hydrogens (tertiary/aromatic N) is 4. The summed E-state index contributed by atoms with van der Waals surface area (Å²) in [6.45, 7) is 0. The average Bonchev–Trinajstić information content (AvgIpc) is 3.05. The van der Waals surface area contributed by atoms with Crippen molar-refractivity contribution in [2.24, 2.45) is 0 Å². The third-order valence-corrected chi connectivity index (χ3v) is 4.41. The Labute approximate surface area is 135 Å². The highest BCUT2D eigenvalue weighted by atomic mass is 35.5. The van der Waals surface area contributed by atoms with E-state index in [4.69, 9.17) is 11.6 Å². The van der Waals surface area contributed by atoms with Gasteiger partial charge >= 0.3 is 0 Å². The molecule has 0 N–H and O–H groups in total. The summed E-state index contributed by atoms with van der Waals surface area (Å²) in [5.41, 5.74) is 4.91. The largest absolute Gasteiger partial charge is 0.244 e. The monoisotopic (exact) mass is 324 g/mol. The molecule has 0 amide bonds. The number of rotatable bonds is 2. The van der Waals surface area contributed by atoms with Crippen LogP contribution < -0.4 is 0 Å². The van der Waals surface area contributed by atoms with Crippen molar-refractivity contribution < 1.29 is 0 Å². The van der Waals surface area contributed by atoms with Crippen LogP contribution in [-0.4, -0.2) is 19.9 Å². The number of aromatic nitrogens is 4. The Kier molecular flexibility index (Phi) is 3.29. The summed E-state index contributed by atoms with van der Waals surface area (Å²) in [4.78, 5) is 17.6. The average molecular weight is 325 g/mol. The Morgan fingerprint density at radius 2 is 1.64 bits per heavy atom. The second-order valence-electron chi connectivity index (χ2n) is 4.62. The lowest BCUT2D eigenvalue weighted by molar-refractivity contribution is 1.16. The van der Waals surface area contributed by atoms with Gasteiger partial charge in [0.1, 0.15) is 10.4 Å². The molecule has 0 bridgehead atoms. The Morgan fingerprint density at radius 1 is 0.818 bits per heavy atom. The maximum absolute atomic E-state index is 6.20. The third kappa shape index (κ3) is 2.34. The molecular weight excluding hydrogens is 316 g/mol. The lowest BCUT2D eigenvalue weighted by Crippen LogP contribution is -1.94. The number of fused-ring (bicyclic) bond motifs is 1. The molecule has 0 fully saturated rings. The van der Waals surface area contributed by atoms with Crippen LogP contribution in [0.3, 0.4) is 0 Å². The highest BCUT2D eigenvalue weighted by molar-refractivity contribution is 7.17. The first kappa shape index (κ1) is 13.3. The zero-order chi connectivity index (χ0) is 14.9. The highest BCUT2D eigenvalue weighted by Crippen LogP contribution is 2.27. The zero-order valence-corrected chi connectivity index (χ0v) is 12.8. The van der Waals surface area contributed by atoms with Crippen LogP contribution in [0.4, 0.5) is 0 Å². The van der Waals surface area contributed by atoms with Crippen LogP contribution in [0.1, 0.15) is 0 Å². The summed E-state index contributed by atoms with van der Waals surface area (Å²) in [5, 5.41) is 0.411. The molecule has 0 radical (unpaired) electrons. The Hall–Kier alpha value is -2.37. The molecule has 3 heterocycles. The molecule has 6 heteroatoms. The molecule has 3 aromatic heterocycles. The van der Waals surface area contributed by atoms with Gasteiger partial charge < -0.3 is 0 Å². The first-order valence-corrected chi connectivity index (χ1v) is 7.86. The molecule has 22 heavy (non-hydrogen) atoms. The van der Waals surface area contributed by atoms with Crippen molar-refractivity contribution in [3.63, 3.8) is 0 Å². The molecular formula is C16H9ClN4S. The minimum atomic E-state index is 0.411. The molecule has 0 unspecified atom stereocenters. The number of benzene rings is 1. The number of hydrogen-bond donors (Lipinski definition) is 0. The van der Waals surface area contributed by atoms with E-state index in [1.807, 2.05) is 48.5 Å². The van der Waals surface area contributed by atoms with E-state index in [0.717, 1.165) is 16.0 Å². The zero-order valence-electron chi connectivity index (χ0n) is 11.3. The minimum absolute atomic E-state index is 0.411. The summed E-state index contributed by atoms with van der Waals surface area (Å²) < 4.78 is 0.796. The fourth-order valence-electron chi connectivity index (χ4n) is 2.17. The minimum Gasteiger partial charge on any atom is -0.244 e. The van der Waals surface area contributed by atoms with Crippen molar-refractivity contribution in [3.8, 4) is 22.8 Å². The number of thiazole rings is 1. The van der Waals surface area contributed by atoms with E-state index < -0.39 is 0 Å². The maximum Gasteiger partial charge on any atom is 0.181 e. The van der Waals surface area contributed by atoms with Gasteiger partial charge in [0.05, 0.1) is 11.2 Å². The smallest absolute Gasteiger partial charge is 0.181 e. The fraction of sp³-hybridized carbons (Fsp3) is 0. The van der Waals surface area contributed by atoms with Gasteiger partial charge in [0.15, 0.2) is 16.6 Å². The van der Waals surface area contributed by atoms with Crippen LogP contribution in [0, 0.1) is 0 Å². The molecule has 106 valence electrons. The molecule has 0 aliphatic rings. The lowest BCUT2D eigenvalue weighted by Gasteiger charge is -2.04. The molecule has 4 rings (SSSR count). The molecule has 0 aliphatic heterocycles. The van der Waals surface area contributed by atoms with Gasteiger partial charge in [0.25, 0.3) is 0 Å². The topological polar surface area (TPSA) is 51.6 Å². The normalized spacial score (nSPS) is 11.0. The van der Waals surface area contributed by atoms with E-state index in [1.165, 1.54) is 11.3 Å². The first-order valence-electron chi connectivity index (χ1n) is 6.61. The van der Waals surface area contributed by atoms with Crippen LogP contribution in [0.25, 0.3) is 33.1 Å². The van der Waals surface area contributed by atoms with E-state index >= 15 is 0 Å². The standard InChI is InChI=1S/C16H9ClN4S/c17-14-13-16(18-9-22-13)21-15(20-14)12-8-4-7-11(19-12)10-5-2-1-3-6-10/h1-9H. The second-order valence-corrected chi connectivity index (χ2v) is 5.83. The molecule has 0 saturated carbocycles. The van der Waals surface area contributed by atoms with Gasteiger partial charge in [0, 0.05) is 5.56 Å². The van der Waals surface area contributed by atoms with Crippen molar-refractivity contribution in [1.29, 1.82) is 0 Å². The Bertz CT molecular complexity index is 953. The molecule has 4 nitrogen and oxygen atoms in total. The fourth-order valence-corrected chi connectivity index (χ4v) is 3.08. The van der Waals surface area contributed by atoms with Crippen LogP contribution in [-0.2, 0) is 0 Å². The van der Waals surface area contributed by atoms with Crippen molar-refractivity contribution in [2.45, 2.75) is 0 Å². The molecule has 0 saturated heterocycles. The van der Waals surface area contributed by atoms with Crippen LogP contribution >= 0.6 is 22.9 Å². The van der Waals surface area contributed by atoms with Gasteiger partial charge in [0.2, 0.25) is 0 Å². The van der Waals surface area contributed by atoms with E-state index in [-0.39, 0.29) is 0 Å². The predicted molar refractivity (Wildman–Crippen MR) is 88.9 cm³/mol. The van der Waals surface area contributed by atoms with Crippen molar-refractivity contribution in [3.05, 3.63) is 59.2 Å². The van der Waals surface area contributed by atoms with Crippen molar-refractivity contribution in [2.75, 3.05) is 0 Å². The highest BCUT2D eigenvalue weighted by Gasteiger charge is 2.11. The Balaban J connectivity index is 1.85. The lowest BCUT2D eigenvalue weighted by atomic mass is 10.1. The summed E-state index contributed by atoms with van der Waals surface area (Å²) in [7, 11) is 0. The van der Waals surface area contributed by atoms with Gasteiger partial charge in [-0.15, -0.1) is 11.3 Å². The van der Waals surface area contributed by atoms with Crippen LogP contribution in [0.15, 0.2) is 54.0 Å². The molecule has 4 aromatic rings. The SMILES string of the molecule is Clc1nc(-c2cccc(-c3ccccc3)n2)nc2ncsc12. The predicted octanol–water partition coefficient (Wildman–Crippen LogP) is 4.47. The molecule has 0 aliphatic carbocycles. The van der Waals surface area contributed by atoms with Crippen LogP contribution in [0.5, 0.6) is 0 Å². The van der Waals surface area contributed by atoms with E-state index in [2.05, 4.69) is 19.9 Å². The number of halogens is 1. The van der Waals surface area contributed by atoms with Gasteiger partial charge in [-0.25, -0.2) is 19.9 Å². The van der Waals surface area contributed by atoms with Gasteiger partial charge in [-0.1, -0.05) is 48.0 Å². The number of hydrogen-bond acceptors (Lipinski definition) is 5. The van der Waals surface area contributed by atoms with Gasteiger partial charge in [-0.3, -0.25) is 0 Å². The second kappa shape index (κ2) is 5.44. The van der Waals surface area contributed by atoms with Crippen LogP contribution in [0.2, 0.25) is 5.15 Å². The van der Waals surface area contributed by atoms with Crippen molar-refractivity contribution >= 4 is 33.3 Å². The summed E-state index contributed by atoms with van der Waals surface area (Å²) in [6, 6.07) is 15.8. The Morgan fingerprint density at radius 3 is 2.50 bits per heavy atom. The summed E-state index contributed by atoms with van der Waals surface area (Å²) >= 11 is 7.63.